The maximum Gasteiger partial charge on any atom is 0.00955 e. The molecule has 0 unspecified atom stereocenters. The van der Waals surface area contributed by atoms with Crippen LogP contribution < -0.4 is 5.73 Å². The van der Waals surface area contributed by atoms with Crippen molar-refractivity contribution in [3.63, 3.8) is 0 Å². The first-order valence-corrected chi connectivity index (χ1v) is 8.51. The molecule has 1 aliphatic rings. The third-order valence-electron chi connectivity index (χ3n) is 5.31. The highest BCUT2D eigenvalue weighted by Crippen LogP contribution is 2.31. The normalized spacial score (nSPS) is 17.8. The van der Waals surface area contributed by atoms with Crippen molar-refractivity contribution >= 4 is 0 Å². The molecule has 1 saturated carbocycles. The second kappa shape index (κ2) is 8.26. The Hall–Kier alpha value is -0.0800. The summed E-state index contributed by atoms with van der Waals surface area (Å²) in [6.45, 7) is 12.6. The quantitative estimate of drug-likeness (QED) is 0.684. The fourth-order valence-corrected chi connectivity index (χ4v) is 3.34. The Morgan fingerprint density at radius 1 is 1.16 bits per heavy atom. The Morgan fingerprint density at radius 2 is 1.74 bits per heavy atom. The molecule has 19 heavy (non-hydrogen) atoms. The minimum Gasteiger partial charge on any atom is -0.330 e. The molecule has 0 amide bonds. The average molecular weight is 268 g/mol. The van der Waals surface area contributed by atoms with Crippen LogP contribution >= 0.6 is 0 Å². The van der Waals surface area contributed by atoms with E-state index in [4.69, 9.17) is 5.73 Å². The second-order valence-electron chi connectivity index (χ2n) is 7.00. The lowest BCUT2D eigenvalue weighted by molar-refractivity contribution is 0.101. The van der Waals surface area contributed by atoms with E-state index in [9.17, 15) is 0 Å². The standard InChI is InChI=1S/C17H36N2/c1-5-17(6-2,13-18)14-19(12-11-15(3)4)16-9-7-8-10-16/h15-16H,5-14,18H2,1-4H3. The lowest BCUT2D eigenvalue weighted by Gasteiger charge is -2.39. The van der Waals surface area contributed by atoms with Crippen LogP contribution in [0.3, 0.4) is 0 Å². The molecule has 0 heterocycles. The fraction of sp³-hybridized carbons (Fsp3) is 1.00. The topological polar surface area (TPSA) is 29.3 Å². The van der Waals surface area contributed by atoms with Crippen molar-refractivity contribution in [3.8, 4) is 0 Å². The molecular formula is C17H36N2. The third-order valence-corrected chi connectivity index (χ3v) is 5.31. The maximum absolute atomic E-state index is 6.11. The molecule has 1 aliphatic carbocycles. The predicted octanol–water partition coefficient (Wildman–Crippen LogP) is 4.04. The van der Waals surface area contributed by atoms with Gasteiger partial charge in [0.25, 0.3) is 0 Å². The number of nitrogens with zero attached hydrogens (tertiary/aromatic N) is 1. The molecule has 0 bridgehead atoms. The molecule has 1 fully saturated rings. The predicted molar refractivity (Wildman–Crippen MR) is 85.4 cm³/mol. The molecule has 0 aromatic carbocycles. The van der Waals surface area contributed by atoms with Gasteiger partial charge >= 0.3 is 0 Å². The molecule has 1 rings (SSSR count). The average Bonchev–Trinajstić information content (AvgIpc) is 2.94. The van der Waals surface area contributed by atoms with Gasteiger partial charge in [-0.05, 0) is 56.5 Å². The lowest BCUT2D eigenvalue weighted by Crippen LogP contribution is -2.46. The monoisotopic (exact) mass is 268 g/mol. The van der Waals surface area contributed by atoms with E-state index in [1.807, 2.05) is 0 Å². The molecule has 114 valence electrons. The summed E-state index contributed by atoms with van der Waals surface area (Å²) in [5.41, 5.74) is 6.45. The van der Waals surface area contributed by atoms with E-state index in [1.165, 1.54) is 58.0 Å². The van der Waals surface area contributed by atoms with Crippen molar-refractivity contribution in [3.05, 3.63) is 0 Å². The molecular weight excluding hydrogens is 232 g/mol. The zero-order valence-corrected chi connectivity index (χ0v) is 13.8. The van der Waals surface area contributed by atoms with Crippen molar-refractivity contribution in [1.29, 1.82) is 0 Å². The van der Waals surface area contributed by atoms with E-state index in [0.717, 1.165) is 18.5 Å². The van der Waals surface area contributed by atoms with E-state index in [-0.39, 0.29) is 0 Å². The van der Waals surface area contributed by atoms with Gasteiger partial charge in [-0.15, -0.1) is 0 Å². The summed E-state index contributed by atoms with van der Waals surface area (Å²) in [4.78, 5) is 2.78. The molecule has 0 aromatic heterocycles. The minimum absolute atomic E-state index is 0.347. The van der Waals surface area contributed by atoms with Crippen LogP contribution in [0.4, 0.5) is 0 Å². The minimum atomic E-state index is 0.347. The van der Waals surface area contributed by atoms with E-state index in [2.05, 4.69) is 32.6 Å². The first kappa shape index (κ1) is 17.0. The highest BCUT2D eigenvalue weighted by atomic mass is 15.2. The van der Waals surface area contributed by atoms with Crippen LogP contribution in [-0.2, 0) is 0 Å². The van der Waals surface area contributed by atoms with Crippen LogP contribution in [-0.4, -0.2) is 30.6 Å². The Morgan fingerprint density at radius 3 is 2.16 bits per heavy atom. The van der Waals surface area contributed by atoms with Gasteiger partial charge in [0.05, 0.1) is 0 Å². The SMILES string of the molecule is CCC(CC)(CN)CN(CCC(C)C)C1CCCC1. The van der Waals surface area contributed by atoms with Gasteiger partial charge in [0.15, 0.2) is 0 Å². The van der Waals surface area contributed by atoms with Crippen LogP contribution in [0.25, 0.3) is 0 Å². The molecule has 0 aliphatic heterocycles. The first-order chi connectivity index (χ1) is 9.06. The molecule has 2 nitrogen and oxygen atoms in total. The third kappa shape index (κ3) is 5.07. The van der Waals surface area contributed by atoms with E-state index >= 15 is 0 Å². The molecule has 0 spiro atoms. The Balaban J connectivity index is 2.65. The summed E-state index contributed by atoms with van der Waals surface area (Å²) in [5.74, 6) is 0.805. The van der Waals surface area contributed by atoms with Crippen LogP contribution in [0.1, 0.15) is 72.6 Å². The summed E-state index contributed by atoms with van der Waals surface area (Å²) in [6.07, 6.45) is 9.42. The Kier molecular flexibility index (Phi) is 7.38. The van der Waals surface area contributed by atoms with Gasteiger partial charge in [-0.3, -0.25) is 4.90 Å². The van der Waals surface area contributed by atoms with Crippen molar-refractivity contribution < 1.29 is 0 Å². The zero-order valence-electron chi connectivity index (χ0n) is 13.8. The van der Waals surface area contributed by atoms with Crippen LogP contribution in [0.15, 0.2) is 0 Å². The van der Waals surface area contributed by atoms with Gasteiger partial charge in [0.2, 0.25) is 0 Å². The molecule has 2 heteroatoms. The highest BCUT2D eigenvalue weighted by Gasteiger charge is 2.31. The summed E-state index contributed by atoms with van der Waals surface area (Å²) in [5, 5.41) is 0. The number of hydrogen-bond donors (Lipinski definition) is 1. The number of hydrogen-bond acceptors (Lipinski definition) is 2. The largest absolute Gasteiger partial charge is 0.330 e. The van der Waals surface area contributed by atoms with E-state index < -0.39 is 0 Å². The maximum atomic E-state index is 6.11. The van der Waals surface area contributed by atoms with Gasteiger partial charge in [-0.1, -0.05) is 40.5 Å². The molecule has 0 atom stereocenters. The molecule has 2 N–H and O–H groups in total. The summed E-state index contributed by atoms with van der Waals surface area (Å²) < 4.78 is 0. The smallest absolute Gasteiger partial charge is 0.00955 e. The van der Waals surface area contributed by atoms with Crippen LogP contribution in [0.2, 0.25) is 0 Å². The van der Waals surface area contributed by atoms with Crippen molar-refractivity contribution in [2.45, 2.75) is 78.7 Å². The zero-order chi connectivity index (χ0) is 14.3. The van der Waals surface area contributed by atoms with E-state index in [1.54, 1.807) is 0 Å². The van der Waals surface area contributed by atoms with Crippen LogP contribution in [0.5, 0.6) is 0 Å². The number of nitrogens with two attached hydrogens (primary N) is 1. The van der Waals surface area contributed by atoms with Gasteiger partial charge in [-0.2, -0.15) is 0 Å². The van der Waals surface area contributed by atoms with Crippen molar-refractivity contribution in [2.24, 2.45) is 17.1 Å². The van der Waals surface area contributed by atoms with Gasteiger partial charge in [0, 0.05) is 12.6 Å². The van der Waals surface area contributed by atoms with Gasteiger partial charge < -0.3 is 5.73 Å². The first-order valence-electron chi connectivity index (χ1n) is 8.51. The van der Waals surface area contributed by atoms with Gasteiger partial charge in [0.1, 0.15) is 0 Å². The summed E-state index contributed by atoms with van der Waals surface area (Å²) in [7, 11) is 0. The van der Waals surface area contributed by atoms with Crippen LogP contribution in [0, 0.1) is 11.3 Å². The Bertz CT molecular complexity index is 219. The molecule has 0 radical (unpaired) electrons. The highest BCUT2D eigenvalue weighted by molar-refractivity contribution is 4.86. The Labute approximate surface area is 121 Å². The lowest BCUT2D eigenvalue weighted by atomic mass is 9.81. The second-order valence-corrected chi connectivity index (χ2v) is 7.00. The molecule has 0 saturated heterocycles. The fourth-order valence-electron chi connectivity index (χ4n) is 3.34. The molecule has 0 aromatic rings. The summed E-state index contributed by atoms with van der Waals surface area (Å²) >= 11 is 0. The number of rotatable bonds is 9. The summed E-state index contributed by atoms with van der Waals surface area (Å²) in [6, 6.07) is 0.836. The van der Waals surface area contributed by atoms with Gasteiger partial charge in [-0.25, -0.2) is 0 Å². The van der Waals surface area contributed by atoms with Crippen molar-refractivity contribution in [1.82, 2.24) is 4.90 Å². The van der Waals surface area contributed by atoms with E-state index in [0.29, 0.717) is 5.41 Å². The van der Waals surface area contributed by atoms with Crippen molar-refractivity contribution in [2.75, 3.05) is 19.6 Å².